The molecular weight excluding hydrogens is 202 g/mol. The number of nitrogens with zero attached hydrogens (tertiary/aromatic N) is 1. The Morgan fingerprint density at radius 2 is 2.12 bits per heavy atom. The number of β-amino-alcohol motifs (C(OH)–C–C–N with tert-alkyl or cyclic N) is 1. The lowest BCUT2D eigenvalue weighted by Gasteiger charge is -2.41. The fourth-order valence-corrected chi connectivity index (χ4v) is 2.05. The van der Waals surface area contributed by atoms with Crippen LogP contribution in [0.3, 0.4) is 0 Å². The molecule has 3 nitrogen and oxygen atoms in total. The van der Waals surface area contributed by atoms with E-state index in [1.165, 1.54) is 0 Å². The standard InChI is InChI=1S/C13H25NO2/c1-4-5-6-7-12(16)14-9-8-13(2,3)11(15)10-14/h11,15H,4-10H2,1-3H3. The minimum Gasteiger partial charge on any atom is -0.391 e. The first-order valence-corrected chi connectivity index (χ1v) is 6.43. The van der Waals surface area contributed by atoms with Crippen molar-refractivity contribution in [1.29, 1.82) is 0 Å². The van der Waals surface area contributed by atoms with E-state index in [-0.39, 0.29) is 17.4 Å². The SMILES string of the molecule is CCCCCC(=O)N1CCC(C)(C)C(O)C1. The summed E-state index contributed by atoms with van der Waals surface area (Å²) in [5, 5.41) is 9.93. The minimum absolute atomic E-state index is 0.0415. The summed E-state index contributed by atoms with van der Waals surface area (Å²) in [7, 11) is 0. The second-order valence-electron chi connectivity index (χ2n) is 5.55. The lowest BCUT2D eigenvalue weighted by molar-refractivity contribution is -0.138. The van der Waals surface area contributed by atoms with Crippen LogP contribution in [-0.4, -0.2) is 35.1 Å². The molecule has 1 rings (SSSR count). The van der Waals surface area contributed by atoms with Crippen molar-refractivity contribution < 1.29 is 9.90 Å². The van der Waals surface area contributed by atoms with Crippen LogP contribution in [0.25, 0.3) is 0 Å². The Labute approximate surface area is 98.8 Å². The molecule has 1 N–H and O–H groups in total. The first-order valence-electron chi connectivity index (χ1n) is 6.43. The van der Waals surface area contributed by atoms with Crippen molar-refractivity contribution in [2.75, 3.05) is 13.1 Å². The van der Waals surface area contributed by atoms with E-state index >= 15 is 0 Å². The maximum Gasteiger partial charge on any atom is 0.222 e. The van der Waals surface area contributed by atoms with Crippen LogP contribution in [0.2, 0.25) is 0 Å². The van der Waals surface area contributed by atoms with E-state index in [9.17, 15) is 9.90 Å². The number of carbonyl (C=O) groups excluding carboxylic acids is 1. The largest absolute Gasteiger partial charge is 0.391 e. The topological polar surface area (TPSA) is 40.5 Å². The summed E-state index contributed by atoms with van der Waals surface area (Å²) >= 11 is 0. The highest BCUT2D eigenvalue weighted by Crippen LogP contribution is 2.30. The van der Waals surface area contributed by atoms with Gasteiger partial charge in [0.2, 0.25) is 5.91 Å². The van der Waals surface area contributed by atoms with Gasteiger partial charge in [-0.2, -0.15) is 0 Å². The van der Waals surface area contributed by atoms with E-state index < -0.39 is 0 Å². The highest BCUT2D eigenvalue weighted by Gasteiger charge is 2.35. The van der Waals surface area contributed by atoms with E-state index in [0.29, 0.717) is 13.0 Å². The molecule has 0 spiro atoms. The van der Waals surface area contributed by atoms with Crippen LogP contribution in [0.5, 0.6) is 0 Å². The Morgan fingerprint density at radius 1 is 1.44 bits per heavy atom. The van der Waals surface area contributed by atoms with E-state index in [4.69, 9.17) is 0 Å². The van der Waals surface area contributed by atoms with Crippen molar-refractivity contribution in [2.24, 2.45) is 5.41 Å². The predicted octanol–water partition coefficient (Wildman–Crippen LogP) is 2.19. The van der Waals surface area contributed by atoms with Crippen LogP contribution in [0.4, 0.5) is 0 Å². The zero-order valence-electron chi connectivity index (χ0n) is 10.8. The summed E-state index contributed by atoms with van der Waals surface area (Å²) in [6.45, 7) is 7.58. The van der Waals surface area contributed by atoms with Crippen molar-refractivity contribution in [3.63, 3.8) is 0 Å². The number of amides is 1. The molecule has 1 unspecified atom stereocenters. The Morgan fingerprint density at radius 3 is 2.69 bits per heavy atom. The van der Waals surface area contributed by atoms with Crippen LogP contribution < -0.4 is 0 Å². The summed E-state index contributed by atoms with van der Waals surface area (Å²) in [5.74, 6) is 0.211. The average molecular weight is 227 g/mol. The van der Waals surface area contributed by atoms with Crippen molar-refractivity contribution in [3.05, 3.63) is 0 Å². The van der Waals surface area contributed by atoms with Gasteiger partial charge in [0.15, 0.2) is 0 Å². The molecule has 1 fully saturated rings. The number of hydrogen-bond acceptors (Lipinski definition) is 2. The number of aliphatic hydroxyl groups is 1. The van der Waals surface area contributed by atoms with Gasteiger partial charge in [-0.25, -0.2) is 0 Å². The van der Waals surface area contributed by atoms with Gasteiger partial charge in [0.1, 0.15) is 0 Å². The number of hydrogen-bond donors (Lipinski definition) is 1. The Balaban J connectivity index is 2.36. The molecule has 1 heterocycles. The molecular formula is C13H25NO2. The van der Waals surface area contributed by atoms with E-state index in [1.807, 2.05) is 4.90 Å². The highest BCUT2D eigenvalue weighted by molar-refractivity contribution is 5.76. The first-order chi connectivity index (χ1) is 7.47. The first kappa shape index (κ1) is 13.5. The lowest BCUT2D eigenvalue weighted by Crippen LogP contribution is -2.50. The highest BCUT2D eigenvalue weighted by atomic mass is 16.3. The molecule has 0 bridgehead atoms. The smallest absolute Gasteiger partial charge is 0.222 e. The summed E-state index contributed by atoms with van der Waals surface area (Å²) < 4.78 is 0. The monoisotopic (exact) mass is 227 g/mol. The zero-order chi connectivity index (χ0) is 12.2. The van der Waals surface area contributed by atoms with Crippen LogP contribution in [0.15, 0.2) is 0 Å². The van der Waals surface area contributed by atoms with Crippen LogP contribution in [-0.2, 0) is 4.79 Å². The van der Waals surface area contributed by atoms with Crippen LogP contribution in [0, 0.1) is 5.41 Å². The number of likely N-dealkylation sites (tertiary alicyclic amines) is 1. The minimum atomic E-state index is -0.378. The van der Waals surface area contributed by atoms with Gasteiger partial charge in [-0.15, -0.1) is 0 Å². The van der Waals surface area contributed by atoms with Gasteiger partial charge in [-0.3, -0.25) is 4.79 Å². The predicted molar refractivity (Wildman–Crippen MR) is 65.1 cm³/mol. The molecule has 0 aliphatic carbocycles. The van der Waals surface area contributed by atoms with E-state index in [2.05, 4.69) is 20.8 Å². The molecule has 1 atom stereocenters. The Kier molecular flexibility index (Phi) is 4.78. The number of carbonyl (C=O) groups is 1. The van der Waals surface area contributed by atoms with Crippen LogP contribution in [0.1, 0.15) is 52.9 Å². The normalized spacial score (nSPS) is 24.5. The second-order valence-corrected chi connectivity index (χ2v) is 5.55. The maximum absolute atomic E-state index is 11.8. The maximum atomic E-state index is 11.8. The Bertz CT molecular complexity index is 238. The molecule has 1 amide bonds. The zero-order valence-corrected chi connectivity index (χ0v) is 10.8. The quantitative estimate of drug-likeness (QED) is 0.748. The molecule has 0 aromatic heterocycles. The van der Waals surface area contributed by atoms with Gasteiger partial charge >= 0.3 is 0 Å². The molecule has 0 saturated carbocycles. The molecule has 3 heteroatoms. The summed E-state index contributed by atoms with van der Waals surface area (Å²) in [6, 6.07) is 0. The second kappa shape index (κ2) is 5.67. The molecule has 16 heavy (non-hydrogen) atoms. The van der Waals surface area contributed by atoms with Crippen molar-refractivity contribution in [3.8, 4) is 0 Å². The molecule has 0 aromatic rings. The fraction of sp³-hybridized carbons (Fsp3) is 0.923. The van der Waals surface area contributed by atoms with E-state index in [0.717, 1.165) is 32.2 Å². The number of unbranched alkanes of at least 4 members (excludes halogenated alkanes) is 2. The third-order valence-corrected chi connectivity index (χ3v) is 3.67. The fourth-order valence-electron chi connectivity index (χ4n) is 2.05. The molecule has 1 aliphatic rings. The lowest BCUT2D eigenvalue weighted by atomic mass is 9.80. The van der Waals surface area contributed by atoms with Gasteiger partial charge in [0.25, 0.3) is 0 Å². The van der Waals surface area contributed by atoms with Crippen molar-refractivity contribution in [1.82, 2.24) is 4.90 Å². The average Bonchev–Trinajstić information content (AvgIpc) is 2.22. The van der Waals surface area contributed by atoms with E-state index in [1.54, 1.807) is 0 Å². The summed E-state index contributed by atoms with van der Waals surface area (Å²) in [6.07, 6.45) is 4.40. The Hall–Kier alpha value is -0.570. The number of piperidine rings is 1. The number of aliphatic hydroxyl groups excluding tert-OH is 1. The summed E-state index contributed by atoms with van der Waals surface area (Å²) in [4.78, 5) is 13.7. The molecule has 94 valence electrons. The van der Waals surface area contributed by atoms with Gasteiger partial charge < -0.3 is 10.0 Å². The van der Waals surface area contributed by atoms with Gasteiger partial charge in [-0.05, 0) is 18.3 Å². The summed E-state index contributed by atoms with van der Waals surface area (Å²) in [5.41, 5.74) is -0.0415. The third-order valence-electron chi connectivity index (χ3n) is 3.67. The number of rotatable bonds is 4. The third kappa shape index (κ3) is 3.48. The van der Waals surface area contributed by atoms with Crippen molar-refractivity contribution >= 4 is 5.91 Å². The van der Waals surface area contributed by atoms with Gasteiger partial charge in [0, 0.05) is 19.5 Å². The van der Waals surface area contributed by atoms with Gasteiger partial charge in [0.05, 0.1) is 6.10 Å². The van der Waals surface area contributed by atoms with Crippen molar-refractivity contribution in [2.45, 2.75) is 59.0 Å². The van der Waals surface area contributed by atoms with Crippen LogP contribution >= 0.6 is 0 Å². The molecule has 0 aromatic carbocycles. The van der Waals surface area contributed by atoms with Gasteiger partial charge in [-0.1, -0.05) is 33.6 Å². The molecule has 0 radical (unpaired) electrons. The molecule has 1 aliphatic heterocycles. The molecule has 1 saturated heterocycles.